The van der Waals surface area contributed by atoms with Crippen molar-refractivity contribution in [2.45, 2.75) is 6.04 Å². The van der Waals surface area contributed by atoms with Crippen molar-refractivity contribution in [3.8, 4) is 0 Å². The Morgan fingerprint density at radius 2 is 1.67 bits per heavy atom. The molecule has 0 aromatic rings. The van der Waals surface area contributed by atoms with Gasteiger partial charge in [-0.1, -0.05) is 0 Å². The van der Waals surface area contributed by atoms with E-state index in [4.69, 9.17) is 0 Å². The van der Waals surface area contributed by atoms with Gasteiger partial charge in [0.05, 0.1) is 0 Å². The molecule has 5 nitrogen and oxygen atoms in total. The van der Waals surface area contributed by atoms with E-state index in [1.807, 2.05) is 0 Å². The zero-order chi connectivity index (χ0) is 6.57. The van der Waals surface area contributed by atoms with E-state index in [1.165, 1.54) is 0 Å². The number of nitrogens with zero attached hydrogens (tertiary/aromatic N) is 1. The van der Waals surface area contributed by atoms with Gasteiger partial charge in [-0.3, -0.25) is 19.7 Å². The van der Waals surface area contributed by atoms with E-state index >= 15 is 0 Å². The molecule has 0 bridgehead atoms. The Hall–Kier alpha value is -0.260. The molecule has 0 aromatic heterocycles. The quantitative estimate of drug-likeness (QED) is 0.155. The Morgan fingerprint density at radius 3 is 1.67 bits per heavy atom. The van der Waals surface area contributed by atoms with Crippen LogP contribution in [-0.2, 0) is 9.59 Å². The van der Waals surface area contributed by atoms with Gasteiger partial charge in [-0.2, -0.15) is 0 Å². The maximum absolute atomic E-state index is 9.50. The van der Waals surface area contributed by atoms with E-state index < -0.39 is 11.0 Å². The molecule has 6 heteroatoms. The molecule has 0 unspecified atom stereocenters. The first kappa shape index (κ1) is 11.5. The fraction of sp³-hybridized carbons (Fsp3) is 0.333. The average molecular weight is 141 g/mol. The third-order valence-electron chi connectivity index (χ3n) is 0.522. The van der Waals surface area contributed by atoms with Crippen LogP contribution in [0, 0.1) is 10.1 Å². The van der Waals surface area contributed by atoms with Crippen LogP contribution in [0.1, 0.15) is 0 Å². The fourth-order valence-electron chi connectivity index (χ4n) is 0.131. The summed E-state index contributed by atoms with van der Waals surface area (Å²) in [4.78, 5) is 27.6. The molecule has 0 saturated heterocycles. The summed E-state index contributed by atoms with van der Waals surface area (Å²) in [5, 5.41) is 9.50. The van der Waals surface area contributed by atoms with Gasteiger partial charge in [-0.25, -0.2) is 0 Å². The Balaban J connectivity index is 0. The molecule has 9 heavy (non-hydrogen) atoms. The zero-order valence-corrected chi connectivity index (χ0v) is 3.81. The predicted octanol–water partition coefficient (Wildman–Crippen LogP) is -1.62. The van der Waals surface area contributed by atoms with Crippen LogP contribution in [0.2, 0.25) is 0 Å². The van der Waals surface area contributed by atoms with Crippen LogP contribution < -0.4 is 0 Å². The van der Waals surface area contributed by atoms with Crippen molar-refractivity contribution in [3.05, 3.63) is 10.1 Å². The fourth-order valence-corrected chi connectivity index (χ4v) is 0.131. The third kappa shape index (κ3) is 4.26. The molecular weight excluding hydrogens is 137 g/mol. The molecule has 0 heterocycles. The number of hydrogen-bond donors (Lipinski definition) is 0. The first-order valence-corrected chi connectivity index (χ1v) is 1.76. The van der Waals surface area contributed by atoms with Gasteiger partial charge in [0.25, 0.3) is 0 Å². The Kier molecular flexibility index (Phi) is 7.52. The van der Waals surface area contributed by atoms with Gasteiger partial charge < -0.3 is 0 Å². The van der Waals surface area contributed by atoms with Gasteiger partial charge in [-0.15, -0.1) is 0 Å². The van der Waals surface area contributed by atoms with Gasteiger partial charge in [0.1, 0.15) is 0 Å². The molecule has 0 saturated carbocycles. The monoisotopic (exact) mass is 141 g/mol. The number of aldehydes is 2. The van der Waals surface area contributed by atoms with Crippen molar-refractivity contribution in [1.82, 2.24) is 0 Å². The van der Waals surface area contributed by atoms with Gasteiger partial charge in [-0.05, 0) is 0 Å². The van der Waals surface area contributed by atoms with Crippen LogP contribution in [-0.4, -0.2) is 53.1 Å². The van der Waals surface area contributed by atoms with Crippen molar-refractivity contribution < 1.29 is 14.5 Å². The summed E-state index contributed by atoms with van der Waals surface area (Å²) in [6.45, 7) is 0. The SMILES string of the molecule is O=CC(C=O)[N+](=O)[O-].[NaH]. The van der Waals surface area contributed by atoms with Crippen molar-refractivity contribution >= 4 is 42.1 Å². The molecule has 0 radical (unpaired) electrons. The predicted molar refractivity (Wildman–Crippen MR) is 30.1 cm³/mol. The second kappa shape index (κ2) is 5.87. The van der Waals surface area contributed by atoms with Gasteiger partial charge >= 0.3 is 35.6 Å². The third-order valence-corrected chi connectivity index (χ3v) is 0.522. The van der Waals surface area contributed by atoms with Crippen LogP contribution >= 0.6 is 0 Å². The van der Waals surface area contributed by atoms with Crippen LogP contribution in [0.25, 0.3) is 0 Å². The average Bonchev–Trinajstić information content (AvgIpc) is 1.69. The van der Waals surface area contributed by atoms with Crippen molar-refractivity contribution in [2.24, 2.45) is 0 Å². The van der Waals surface area contributed by atoms with Crippen molar-refractivity contribution in [1.29, 1.82) is 0 Å². The first-order valence-electron chi connectivity index (χ1n) is 1.76. The van der Waals surface area contributed by atoms with E-state index in [9.17, 15) is 19.7 Å². The zero-order valence-electron chi connectivity index (χ0n) is 3.81. The molecular formula is C3H4NNaO4. The molecule has 0 atom stereocenters. The summed E-state index contributed by atoms with van der Waals surface area (Å²) in [7, 11) is 0. The van der Waals surface area contributed by atoms with Crippen LogP contribution in [0.4, 0.5) is 0 Å². The molecule has 0 amide bonds. The molecule has 0 rings (SSSR count). The van der Waals surface area contributed by atoms with E-state index in [2.05, 4.69) is 0 Å². The van der Waals surface area contributed by atoms with E-state index in [1.54, 1.807) is 0 Å². The van der Waals surface area contributed by atoms with Crippen molar-refractivity contribution in [2.75, 3.05) is 0 Å². The second-order valence-electron chi connectivity index (χ2n) is 1.05. The summed E-state index contributed by atoms with van der Waals surface area (Å²) in [6, 6.07) is -1.69. The van der Waals surface area contributed by atoms with E-state index in [0.717, 1.165) is 0 Å². The topological polar surface area (TPSA) is 77.3 Å². The summed E-state index contributed by atoms with van der Waals surface area (Å²) in [5.41, 5.74) is 0. The molecule has 0 spiro atoms. The number of hydrogen-bond acceptors (Lipinski definition) is 4. The van der Waals surface area contributed by atoms with E-state index in [0.29, 0.717) is 0 Å². The summed E-state index contributed by atoms with van der Waals surface area (Å²) >= 11 is 0. The van der Waals surface area contributed by atoms with Crippen LogP contribution in [0.15, 0.2) is 0 Å². The Morgan fingerprint density at radius 1 is 1.33 bits per heavy atom. The minimum absolute atomic E-state index is 0. The minimum atomic E-state index is -1.69. The summed E-state index contributed by atoms with van der Waals surface area (Å²) in [6.07, 6.45) is -0.0417. The van der Waals surface area contributed by atoms with Crippen LogP contribution in [0.3, 0.4) is 0 Å². The van der Waals surface area contributed by atoms with Crippen molar-refractivity contribution in [3.63, 3.8) is 0 Å². The number of rotatable bonds is 3. The van der Waals surface area contributed by atoms with Gasteiger partial charge in [0, 0.05) is 4.92 Å². The first-order chi connectivity index (χ1) is 3.72. The Bertz CT molecular complexity index is 117. The normalized spacial score (nSPS) is 7.67. The number of carbonyl (C=O) groups excluding carboxylic acids is 2. The molecule has 46 valence electrons. The molecule has 0 aliphatic rings. The summed E-state index contributed by atoms with van der Waals surface area (Å²) in [5.74, 6) is 0. The molecule has 0 aromatic carbocycles. The molecule has 0 aliphatic heterocycles. The summed E-state index contributed by atoms with van der Waals surface area (Å²) < 4.78 is 0. The maximum atomic E-state index is 9.50. The number of nitro groups is 1. The van der Waals surface area contributed by atoms with Gasteiger partial charge in [0.2, 0.25) is 12.6 Å². The molecule has 0 N–H and O–H groups in total. The molecule has 0 fully saturated rings. The van der Waals surface area contributed by atoms with Crippen LogP contribution in [0.5, 0.6) is 0 Å². The standard InChI is InChI=1S/C3H3NO4.Na.H/c5-1-3(2-6)4(7)8;;/h1-3H;;. The number of carbonyl (C=O) groups is 2. The molecule has 0 aliphatic carbocycles. The van der Waals surface area contributed by atoms with Gasteiger partial charge in [0.15, 0.2) is 0 Å². The second-order valence-corrected chi connectivity index (χ2v) is 1.05. The Labute approximate surface area is 72.9 Å². The van der Waals surface area contributed by atoms with E-state index in [-0.39, 0.29) is 42.1 Å².